The molecule has 0 bridgehead atoms. The fourth-order valence-corrected chi connectivity index (χ4v) is 3.09. The summed E-state index contributed by atoms with van der Waals surface area (Å²) < 4.78 is 25.8. The Labute approximate surface area is 123 Å². The molecule has 2 aromatic carbocycles. The van der Waals surface area contributed by atoms with Crippen molar-refractivity contribution in [3.63, 3.8) is 0 Å². The highest BCUT2D eigenvalue weighted by Gasteiger charge is 2.21. The molecule has 0 fully saturated rings. The Morgan fingerprint density at radius 1 is 1.10 bits per heavy atom. The monoisotopic (exact) mass is 311 g/mol. The summed E-state index contributed by atoms with van der Waals surface area (Å²) in [5.74, 6) is -0.0386. The van der Waals surface area contributed by atoms with Gasteiger partial charge in [-0.2, -0.15) is 0 Å². The van der Waals surface area contributed by atoms with E-state index in [-0.39, 0.29) is 15.7 Å². The largest absolute Gasteiger partial charge is 0.506 e. The second-order valence-electron chi connectivity index (χ2n) is 4.45. The van der Waals surface area contributed by atoms with Crippen LogP contribution in [0.1, 0.15) is 0 Å². The number of sulfonamides is 1. The van der Waals surface area contributed by atoms with E-state index >= 15 is 0 Å². The summed E-state index contributed by atoms with van der Waals surface area (Å²) in [6.45, 7) is 0. The van der Waals surface area contributed by atoms with Crippen molar-refractivity contribution in [3.05, 3.63) is 47.5 Å². The molecule has 0 aliphatic rings. The van der Waals surface area contributed by atoms with Crippen LogP contribution < -0.4 is 0 Å². The molecule has 0 amide bonds. The van der Waals surface area contributed by atoms with E-state index < -0.39 is 10.0 Å². The molecule has 2 rings (SSSR count). The Kier molecular flexibility index (Phi) is 4.04. The molecule has 0 atom stereocenters. The van der Waals surface area contributed by atoms with E-state index in [0.717, 1.165) is 4.31 Å². The number of hydrogen-bond acceptors (Lipinski definition) is 3. The number of halogens is 1. The molecular weight excluding hydrogens is 298 g/mol. The van der Waals surface area contributed by atoms with Crippen molar-refractivity contribution in [1.82, 2.24) is 4.31 Å². The van der Waals surface area contributed by atoms with Crippen molar-refractivity contribution >= 4 is 21.6 Å². The van der Waals surface area contributed by atoms with E-state index in [2.05, 4.69) is 0 Å². The zero-order valence-electron chi connectivity index (χ0n) is 11.0. The molecule has 0 aromatic heterocycles. The van der Waals surface area contributed by atoms with Crippen molar-refractivity contribution in [2.24, 2.45) is 0 Å². The molecule has 0 heterocycles. The van der Waals surface area contributed by atoms with Crippen LogP contribution in [0.25, 0.3) is 11.1 Å². The van der Waals surface area contributed by atoms with Crippen molar-refractivity contribution < 1.29 is 13.5 Å². The minimum absolute atomic E-state index is 0.0386. The minimum Gasteiger partial charge on any atom is -0.506 e. The molecule has 0 unspecified atom stereocenters. The molecule has 0 saturated carbocycles. The topological polar surface area (TPSA) is 57.6 Å². The van der Waals surface area contributed by atoms with Crippen molar-refractivity contribution in [2.75, 3.05) is 14.1 Å². The molecule has 4 nitrogen and oxygen atoms in total. The van der Waals surface area contributed by atoms with Gasteiger partial charge in [0.15, 0.2) is 0 Å². The minimum atomic E-state index is -3.55. The molecular formula is C14H14ClNO3S. The second-order valence-corrected chi connectivity index (χ2v) is 6.98. The van der Waals surface area contributed by atoms with Gasteiger partial charge in [-0.05, 0) is 23.8 Å². The van der Waals surface area contributed by atoms with Gasteiger partial charge in [0.1, 0.15) is 5.75 Å². The van der Waals surface area contributed by atoms with Crippen LogP contribution in [0.3, 0.4) is 0 Å². The van der Waals surface area contributed by atoms with Crippen LogP contribution in [-0.2, 0) is 10.0 Å². The lowest BCUT2D eigenvalue weighted by Gasteiger charge is -2.15. The predicted octanol–water partition coefficient (Wildman–Crippen LogP) is 2.96. The van der Waals surface area contributed by atoms with Gasteiger partial charge in [0.2, 0.25) is 10.0 Å². The van der Waals surface area contributed by atoms with Gasteiger partial charge in [0, 0.05) is 19.7 Å². The zero-order chi connectivity index (χ0) is 14.9. The number of hydrogen-bond donors (Lipinski definition) is 1. The fraction of sp³-hybridized carbons (Fsp3) is 0.143. The molecule has 1 N–H and O–H groups in total. The van der Waals surface area contributed by atoms with Crippen molar-refractivity contribution in [1.29, 1.82) is 0 Å². The summed E-state index contributed by atoms with van der Waals surface area (Å²) in [4.78, 5) is 0.201. The normalized spacial score (nSPS) is 11.8. The van der Waals surface area contributed by atoms with Crippen LogP contribution >= 0.6 is 11.6 Å². The standard InChI is InChI=1S/C14H14ClNO3S/c1-16(2)20(18,19)14-6-4-3-5-11(14)10-7-8-13(17)12(15)9-10/h3-9,17H,1-2H3. The predicted molar refractivity (Wildman–Crippen MR) is 79.4 cm³/mol. The van der Waals surface area contributed by atoms with Gasteiger partial charge in [-0.25, -0.2) is 12.7 Å². The molecule has 20 heavy (non-hydrogen) atoms. The average molecular weight is 312 g/mol. The summed E-state index contributed by atoms with van der Waals surface area (Å²) in [6.07, 6.45) is 0. The van der Waals surface area contributed by atoms with Crippen LogP contribution in [0.2, 0.25) is 5.02 Å². The van der Waals surface area contributed by atoms with Gasteiger partial charge in [-0.3, -0.25) is 0 Å². The van der Waals surface area contributed by atoms with Gasteiger partial charge < -0.3 is 5.11 Å². The number of rotatable bonds is 3. The smallest absolute Gasteiger partial charge is 0.243 e. The molecule has 106 valence electrons. The number of aromatic hydroxyl groups is 1. The fourth-order valence-electron chi connectivity index (χ4n) is 1.80. The summed E-state index contributed by atoms with van der Waals surface area (Å²) in [6, 6.07) is 11.3. The Balaban J connectivity index is 2.67. The van der Waals surface area contributed by atoms with Gasteiger partial charge >= 0.3 is 0 Å². The summed E-state index contributed by atoms with van der Waals surface area (Å²) in [7, 11) is -0.587. The third kappa shape index (κ3) is 2.65. The number of phenolic OH excluding ortho intramolecular Hbond substituents is 1. The van der Waals surface area contributed by atoms with Crippen LogP contribution in [0.4, 0.5) is 0 Å². The van der Waals surface area contributed by atoms with Crippen molar-refractivity contribution in [2.45, 2.75) is 4.90 Å². The molecule has 6 heteroatoms. The maximum absolute atomic E-state index is 12.3. The van der Waals surface area contributed by atoms with E-state index in [1.54, 1.807) is 36.4 Å². The SMILES string of the molecule is CN(C)S(=O)(=O)c1ccccc1-c1ccc(O)c(Cl)c1. The quantitative estimate of drug-likeness (QED) is 0.948. The number of benzene rings is 2. The highest BCUT2D eigenvalue weighted by Crippen LogP contribution is 2.33. The Hall–Kier alpha value is -1.56. The third-order valence-corrected chi connectivity index (χ3v) is 5.08. The molecule has 0 radical (unpaired) electrons. The highest BCUT2D eigenvalue weighted by atomic mass is 35.5. The Morgan fingerprint density at radius 2 is 1.75 bits per heavy atom. The average Bonchev–Trinajstić information content (AvgIpc) is 2.41. The van der Waals surface area contributed by atoms with Crippen LogP contribution in [0.15, 0.2) is 47.4 Å². The van der Waals surface area contributed by atoms with Crippen LogP contribution in [0.5, 0.6) is 5.75 Å². The Bertz CT molecular complexity index is 742. The lowest BCUT2D eigenvalue weighted by Crippen LogP contribution is -2.22. The Morgan fingerprint density at radius 3 is 2.35 bits per heavy atom. The molecule has 0 aliphatic carbocycles. The zero-order valence-corrected chi connectivity index (χ0v) is 12.6. The first-order valence-electron chi connectivity index (χ1n) is 5.84. The van der Waals surface area contributed by atoms with Gasteiger partial charge in [0.05, 0.1) is 9.92 Å². The number of phenols is 1. The first-order valence-corrected chi connectivity index (χ1v) is 7.66. The first-order chi connectivity index (χ1) is 9.34. The highest BCUT2D eigenvalue weighted by molar-refractivity contribution is 7.89. The van der Waals surface area contributed by atoms with Gasteiger partial charge in [-0.15, -0.1) is 0 Å². The summed E-state index contributed by atoms with van der Waals surface area (Å²) in [5.41, 5.74) is 1.18. The molecule has 0 saturated heterocycles. The van der Waals surface area contributed by atoms with E-state index in [4.69, 9.17) is 11.6 Å². The molecule has 0 spiro atoms. The van der Waals surface area contributed by atoms with E-state index in [1.807, 2.05) is 0 Å². The van der Waals surface area contributed by atoms with Gasteiger partial charge in [0.25, 0.3) is 0 Å². The molecule has 0 aliphatic heterocycles. The summed E-state index contributed by atoms with van der Waals surface area (Å²) in [5, 5.41) is 9.63. The van der Waals surface area contributed by atoms with Crippen molar-refractivity contribution in [3.8, 4) is 16.9 Å². The lowest BCUT2D eigenvalue weighted by atomic mass is 10.1. The van der Waals surface area contributed by atoms with Gasteiger partial charge in [-0.1, -0.05) is 35.9 Å². The number of nitrogens with zero attached hydrogens (tertiary/aromatic N) is 1. The van der Waals surface area contributed by atoms with E-state index in [1.165, 1.54) is 20.2 Å². The maximum Gasteiger partial charge on any atom is 0.243 e. The summed E-state index contributed by atoms with van der Waals surface area (Å²) >= 11 is 5.88. The second kappa shape index (κ2) is 5.44. The lowest BCUT2D eigenvalue weighted by molar-refractivity contribution is 0.475. The third-order valence-electron chi connectivity index (χ3n) is 2.90. The van der Waals surface area contributed by atoms with Crippen LogP contribution in [-0.4, -0.2) is 31.9 Å². The molecule has 2 aromatic rings. The van der Waals surface area contributed by atoms with Crippen LogP contribution in [0, 0.1) is 0 Å². The van der Waals surface area contributed by atoms with E-state index in [9.17, 15) is 13.5 Å². The first kappa shape index (κ1) is 14.8. The van der Waals surface area contributed by atoms with E-state index in [0.29, 0.717) is 11.1 Å². The maximum atomic E-state index is 12.3.